The standard InChI is InChI=1S/C23H23N5O5S/c1-16-24-21(15-22(25-16)32-17-6-4-3-5-7-17)27-10-12-28(13-11-27)34(30,31)18-8-9-20-19(14-18)26(2)23(29)33-20/h3-9,14-15H,10-13H2,1-2H3. The number of hydrogen-bond acceptors (Lipinski definition) is 8. The summed E-state index contributed by atoms with van der Waals surface area (Å²) < 4.78 is 40.2. The summed E-state index contributed by atoms with van der Waals surface area (Å²) in [7, 11) is -2.19. The summed E-state index contributed by atoms with van der Waals surface area (Å²) in [6, 6.07) is 15.6. The molecule has 2 aromatic carbocycles. The molecule has 0 N–H and O–H groups in total. The number of aromatic nitrogens is 3. The summed E-state index contributed by atoms with van der Waals surface area (Å²) in [5.74, 6) is 1.83. The number of fused-ring (bicyclic) bond motifs is 1. The predicted octanol–water partition coefficient (Wildman–Crippen LogP) is 2.53. The van der Waals surface area contributed by atoms with Gasteiger partial charge in [0.25, 0.3) is 0 Å². The van der Waals surface area contributed by atoms with Crippen molar-refractivity contribution in [3.63, 3.8) is 0 Å². The molecule has 0 radical (unpaired) electrons. The average Bonchev–Trinajstić information content (AvgIpc) is 3.12. The lowest BCUT2D eigenvalue weighted by Crippen LogP contribution is -2.49. The first kappa shape index (κ1) is 22.1. The van der Waals surface area contributed by atoms with Crippen LogP contribution < -0.4 is 15.4 Å². The van der Waals surface area contributed by atoms with Crippen molar-refractivity contribution in [3.05, 3.63) is 71.0 Å². The Balaban J connectivity index is 1.32. The number of anilines is 1. The Labute approximate surface area is 196 Å². The maximum absolute atomic E-state index is 13.2. The van der Waals surface area contributed by atoms with E-state index in [1.807, 2.05) is 35.2 Å². The molecule has 0 spiro atoms. The number of nitrogens with zero attached hydrogens (tertiary/aromatic N) is 5. The third-order valence-corrected chi connectivity index (χ3v) is 7.62. The number of hydrogen-bond donors (Lipinski definition) is 0. The molecule has 0 atom stereocenters. The molecule has 3 heterocycles. The number of ether oxygens (including phenoxy) is 1. The van der Waals surface area contributed by atoms with E-state index >= 15 is 0 Å². The number of oxazole rings is 1. The van der Waals surface area contributed by atoms with Gasteiger partial charge in [-0.2, -0.15) is 9.29 Å². The highest BCUT2D eigenvalue weighted by atomic mass is 32.2. The number of sulfonamides is 1. The van der Waals surface area contributed by atoms with Crippen LogP contribution in [0.25, 0.3) is 11.1 Å². The Kier molecular flexibility index (Phi) is 5.58. The summed E-state index contributed by atoms with van der Waals surface area (Å²) in [5, 5.41) is 0. The molecule has 0 saturated carbocycles. The number of rotatable bonds is 5. The summed E-state index contributed by atoms with van der Waals surface area (Å²) in [5.41, 5.74) is 0.788. The minimum absolute atomic E-state index is 0.126. The Hall–Kier alpha value is -3.70. The molecule has 2 aromatic heterocycles. The molecular weight excluding hydrogens is 458 g/mol. The highest BCUT2D eigenvalue weighted by Crippen LogP contribution is 2.26. The zero-order chi connectivity index (χ0) is 23.9. The van der Waals surface area contributed by atoms with Gasteiger partial charge in [0.2, 0.25) is 15.9 Å². The van der Waals surface area contributed by atoms with Gasteiger partial charge in [0.15, 0.2) is 5.58 Å². The van der Waals surface area contributed by atoms with Crippen molar-refractivity contribution in [2.45, 2.75) is 11.8 Å². The fourth-order valence-electron chi connectivity index (χ4n) is 3.92. The molecule has 11 heteroatoms. The third-order valence-electron chi connectivity index (χ3n) is 5.73. The lowest BCUT2D eigenvalue weighted by molar-refractivity contribution is 0.383. The molecule has 1 saturated heterocycles. The highest BCUT2D eigenvalue weighted by molar-refractivity contribution is 7.89. The van der Waals surface area contributed by atoms with E-state index in [0.29, 0.717) is 60.6 Å². The van der Waals surface area contributed by atoms with Gasteiger partial charge in [0.1, 0.15) is 17.4 Å². The van der Waals surface area contributed by atoms with E-state index in [1.165, 1.54) is 27.1 Å². The zero-order valence-electron chi connectivity index (χ0n) is 18.7. The van der Waals surface area contributed by atoms with Crippen LogP contribution in [0.5, 0.6) is 11.6 Å². The lowest BCUT2D eigenvalue weighted by Gasteiger charge is -2.34. The fraction of sp³-hybridized carbons (Fsp3) is 0.261. The van der Waals surface area contributed by atoms with Gasteiger partial charge in [-0.05, 0) is 37.3 Å². The Morgan fingerprint density at radius 2 is 1.71 bits per heavy atom. The van der Waals surface area contributed by atoms with Crippen molar-refractivity contribution in [1.82, 2.24) is 18.8 Å². The van der Waals surface area contributed by atoms with Crippen LogP contribution in [0, 0.1) is 6.92 Å². The second-order valence-electron chi connectivity index (χ2n) is 7.97. The minimum Gasteiger partial charge on any atom is -0.439 e. The van der Waals surface area contributed by atoms with Gasteiger partial charge in [-0.3, -0.25) is 4.57 Å². The van der Waals surface area contributed by atoms with Crippen LogP contribution in [-0.2, 0) is 17.1 Å². The molecule has 1 aliphatic rings. The summed E-state index contributed by atoms with van der Waals surface area (Å²) in [6.45, 7) is 3.31. The zero-order valence-corrected chi connectivity index (χ0v) is 19.5. The molecule has 4 aromatic rings. The monoisotopic (exact) mass is 481 g/mol. The van der Waals surface area contributed by atoms with Crippen LogP contribution in [-0.4, -0.2) is 53.4 Å². The summed E-state index contributed by atoms with van der Waals surface area (Å²) >= 11 is 0. The molecule has 34 heavy (non-hydrogen) atoms. The molecule has 10 nitrogen and oxygen atoms in total. The Morgan fingerprint density at radius 3 is 2.44 bits per heavy atom. The largest absolute Gasteiger partial charge is 0.439 e. The molecular formula is C23H23N5O5S. The SMILES string of the molecule is Cc1nc(Oc2ccccc2)cc(N2CCN(S(=O)(=O)c3ccc4oc(=O)n(C)c4c3)CC2)n1. The molecule has 1 aliphatic heterocycles. The van der Waals surface area contributed by atoms with Gasteiger partial charge in [-0.25, -0.2) is 18.2 Å². The van der Waals surface area contributed by atoms with Gasteiger partial charge in [-0.15, -0.1) is 0 Å². The Bertz CT molecular complexity index is 1510. The van der Waals surface area contributed by atoms with Crippen molar-refractivity contribution in [1.29, 1.82) is 0 Å². The number of benzene rings is 2. The molecule has 1 fully saturated rings. The smallest absolute Gasteiger partial charge is 0.419 e. The van der Waals surface area contributed by atoms with Crippen LogP contribution in [0.2, 0.25) is 0 Å². The van der Waals surface area contributed by atoms with E-state index in [4.69, 9.17) is 9.15 Å². The maximum atomic E-state index is 13.2. The molecule has 0 unspecified atom stereocenters. The normalized spacial score (nSPS) is 15.1. The van der Waals surface area contributed by atoms with Crippen molar-refractivity contribution in [2.24, 2.45) is 7.05 Å². The van der Waals surface area contributed by atoms with E-state index in [-0.39, 0.29) is 4.90 Å². The van der Waals surface area contributed by atoms with Gasteiger partial charge < -0.3 is 14.1 Å². The number of piperazine rings is 1. The van der Waals surface area contributed by atoms with E-state index in [1.54, 1.807) is 20.0 Å². The molecule has 0 amide bonds. The van der Waals surface area contributed by atoms with E-state index in [9.17, 15) is 13.2 Å². The first-order valence-corrected chi connectivity index (χ1v) is 12.2. The van der Waals surface area contributed by atoms with Crippen LogP contribution in [0.1, 0.15) is 5.82 Å². The van der Waals surface area contributed by atoms with Crippen LogP contribution in [0.3, 0.4) is 0 Å². The predicted molar refractivity (Wildman–Crippen MR) is 126 cm³/mol. The third kappa shape index (κ3) is 4.15. The highest BCUT2D eigenvalue weighted by Gasteiger charge is 2.30. The second kappa shape index (κ2) is 8.58. The van der Waals surface area contributed by atoms with Crippen LogP contribution in [0.4, 0.5) is 5.82 Å². The summed E-state index contributed by atoms with van der Waals surface area (Å²) in [6.07, 6.45) is 0. The van der Waals surface area contributed by atoms with Gasteiger partial charge in [0.05, 0.1) is 10.4 Å². The average molecular weight is 482 g/mol. The van der Waals surface area contributed by atoms with E-state index in [0.717, 1.165) is 0 Å². The van der Waals surface area contributed by atoms with E-state index in [2.05, 4.69) is 9.97 Å². The first-order valence-electron chi connectivity index (χ1n) is 10.7. The van der Waals surface area contributed by atoms with Crippen LogP contribution >= 0.6 is 0 Å². The number of para-hydroxylation sites is 1. The van der Waals surface area contributed by atoms with Crippen molar-refractivity contribution in [2.75, 3.05) is 31.1 Å². The van der Waals surface area contributed by atoms with Crippen LogP contribution in [0.15, 0.2) is 68.7 Å². The van der Waals surface area contributed by atoms with Gasteiger partial charge in [0, 0.05) is 39.3 Å². The Morgan fingerprint density at radius 1 is 0.971 bits per heavy atom. The maximum Gasteiger partial charge on any atom is 0.419 e. The first-order chi connectivity index (χ1) is 16.3. The quantitative estimate of drug-likeness (QED) is 0.428. The van der Waals surface area contributed by atoms with E-state index < -0.39 is 15.8 Å². The molecule has 0 bridgehead atoms. The van der Waals surface area contributed by atoms with Crippen molar-refractivity contribution in [3.8, 4) is 11.6 Å². The molecule has 0 aliphatic carbocycles. The van der Waals surface area contributed by atoms with Gasteiger partial charge in [-0.1, -0.05) is 18.2 Å². The minimum atomic E-state index is -3.73. The van der Waals surface area contributed by atoms with Crippen molar-refractivity contribution >= 4 is 26.9 Å². The molecule has 176 valence electrons. The fourth-order valence-corrected chi connectivity index (χ4v) is 5.37. The van der Waals surface area contributed by atoms with Crippen molar-refractivity contribution < 1.29 is 17.6 Å². The number of aryl methyl sites for hydroxylation is 2. The molecule has 5 rings (SSSR count). The van der Waals surface area contributed by atoms with Gasteiger partial charge >= 0.3 is 5.76 Å². The lowest BCUT2D eigenvalue weighted by atomic mass is 10.3. The summed E-state index contributed by atoms with van der Waals surface area (Å²) in [4.78, 5) is 22.7. The topological polar surface area (TPSA) is 111 Å². The second-order valence-corrected chi connectivity index (χ2v) is 9.91.